The van der Waals surface area contributed by atoms with Gasteiger partial charge in [0.05, 0.1) is 31.0 Å². The maximum Gasteiger partial charge on any atom is 0.234 e. The summed E-state index contributed by atoms with van der Waals surface area (Å²) in [5, 5.41) is 0. The topological polar surface area (TPSA) is 63.0 Å². The number of carbonyl (C=O) groups excluding carboxylic acids is 2. The van der Waals surface area contributed by atoms with Gasteiger partial charge in [0.1, 0.15) is 17.1 Å². The number of hydrogen-bond donors (Lipinski definition) is 0. The molecule has 1 aromatic carbocycles. The van der Waals surface area contributed by atoms with E-state index >= 15 is 0 Å². The van der Waals surface area contributed by atoms with Gasteiger partial charge in [-0.25, -0.2) is 0 Å². The zero-order valence-corrected chi connectivity index (χ0v) is 18.4. The van der Waals surface area contributed by atoms with Crippen LogP contribution in [0.15, 0.2) is 53.0 Å². The molecule has 3 aliphatic rings. The predicted molar refractivity (Wildman–Crippen MR) is 117 cm³/mol. The van der Waals surface area contributed by atoms with Gasteiger partial charge >= 0.3 is 0 Å². The van der Waals surface area contributed by atoms with Crippen LogP contribution in [0.5, 0.6) is 0 Å². The summed E-state index contributed by atoms with van der Waals surface area (Å²) >= 11 is 0. The van der Waals surface area contributed by atoms with Crippen molar-refractivity contribution >= 4 is 17.5 Å². The van der Waals surface area contributed by atoms with Crippen LogP contribution in [0.3, 0.4) is 0 Å². The van der Waals surface area contributed by atoms with Crippen LogP contribution in [0, 0.1) is 18.8 Å². The summed E-state index contributed by atoms with van der Waals surface area (Å²) in [5.41, 5.74) is 1.36. The number of carbonyl (C=O) groups is 2. The minimum Gasteiger partial charge on any atom is -0.464 e. The molecule has 5 rings (SSSR count). The van der Waals surface area contributed by atoms with Gasteiger partial charge in [-0.2, -0.15) is 0 Å². The largest absolute Gasteiger partial charge is 0.464 e. The third kappa shape index (κ3) is 3.12. The molecule has 0 radical (unpaired) electrons. The van der Waals surface area contributed by atoms with E-state index in [0.29, 0.717) is 19.0 Å². The standard InChI is InChI=1S/C25H28N2O4/c1-15(2)17-6-8-18(9-7-17)27-14-25-12-11-20(31-25)21(22(25)24(27)29)23(28)26(4)13-19-10-5-16(3)30-19/h5-12,15,20-22H,13-14H2,1-4H3/t20-,21-,22+,25-/m0/s1. The van der Waals surface area contributed by atoms with Crippen molar-refractivity contribution in [3.05, 3.63) is 65.6 Å². The van der Waals surface area contributed by atoms with Crippen molar-refractivity contribution < 1.29 is 18.7 Å². The van der Waals surface area contributed by atoms with Crippen LogP contribution < -0.4 is 4.90 Å². The summed E-state index contributed by atoms with van der Waals surface area (Å²) in [7, 11) is 1.75. The number of amides is 2. The van der Waals surface area contributed by atoms with E-state index in [4.69, 9.17) is 9.15 Å². The number of anilines is 1. The molecule has 0 unspecified atom stereocenters. The second kappa shape index (κ2) is 7.09. The molecule has 1 aromatic heterocycles. The van der Waals surface area contributed by atoms with Crippen LogP contribution in [0.25, 0.3) is 0 Å². The molecule has 0 N–H and O–H groups in total. The highest BCUT2D eigenvalue weighted by molar-refractivity contribution is 6.03. The van der Waals surface area contributed by atoms with E-state index in [0.717, 1.165) is 17.2 Å². The van der Waals surface area contributed by atoms with Crippen molar-refractivity contribution in [1.29, 1.82) is 0 Å². The smallest absolute Gasteiger partial charge is 0.234 e. The number of ether oxygens (including phenoxy) is 1. The SMILES string of the molecule is Cc1ccc(CN(C)C(=O)[C@H]2[C@@H]3C=C[C@@]4(CN(c5ccc(C(C)C)cc5)C(=O)[C@@H]24)O3)o1. The molecule has 0 saturated carbocycles. The fourth-order valence-electron chi connectivity index (χ4n) is 5.17. The summed E-state index contributed by atoms with van der Waals surface area (Å²) in [5.74, 6) is 0.835. The molecule has 4 atom stereocenters. The zero-order chi connectivity index (χ0) is 21.9. The van der Waals surface area contributed by atoms with Crippen molar-refractivity contribution in [2.24, 2.45) is 11.8 Å². The number of furan rings is 1. The summed E-state index contributed by atoms with van der Waals surface area (Å²) in [6.07, 6.45) is 3.58. The first-order valence-electron chi connectivity index (χ1n) is 10.9. The van der Waals surface area contributed by atoms with Gasteiger partial charge < -0.3 is 19.0 Å². The van der Waals surface area contributed by atoms with E-state index < -0.39 is 17.4 Å². The Bertz CT molecular complexity index is 1050. The normalized spacial score (nSPS) is 28.6. The monoisotopic (exact) mass is 420 g/mol. The molecule has 2 amide bonds. The molecule has 4 heterocycles. The molecule has 0 aliphatic carbocycles. The molecule has 3 aliphatic heterocycles. The van der Waals surface area contributed by atoms with E-state index in [2.05, 4.69) is 26.0 Å². The molecule has 31 heavy (non-hydrogen) atoms. The van der Waals surface area contributed by atoms with Gasteiger partial charge in [0, 0.05) is 12.7 Å². The quantitative estimate of drug-likeness (QED) is 0.693. The van der Waals surface area contributed by atoms with Gasteiger partial charge in [-0.1, -0.05) is 38.1 Å². The van der Waals surface area contributed by atoms with Gasteiger partial charge in [-0.05, 0) is 42.7 Å². The second-order valence-electron chi connectivity index (χ2n) is 9.28. The maximum atomic E-state index is 13.5. The number of hydrogen-bond acceptors (Lipinski definition) is 4. The Hall–Kier alpha value is -2.86. The van der Waals surface area contributed by atoms with E-state index in [1.54, 1.807) is 16.8 Å². The minimum atomic E-state index is -0.721. The first-order valence-corrected chi connectivity index (χ1v) is 10.9. The highest BCUT2D eigenvalue weighted by Gasteiger charge is 2.67. The first-order chi connectivity index (χ1) is 14.8. The van der Waals surface area contributed by atoms with Crippen molar-refractivity contribution in [2.45, 2.75) is 44.9 Å². The Morgan fingerprint density at radius 3 is 2.61 bits per heavy atom. The Labute approximate surface area is 182 Å². The Kier molecular flexibility index (Phi) is 4.59. The van der Waals surface area contributed by atoms with Crippen LogP contribution in [0.4, 0.5) is 5.69 Å². The lowest BCUT2D eigenvalue weighted by molar-refractivity contribution is -0.139. The van der Waals surface area contributed by atoms with Crippen molar-refractivity contribution in [2.75, 3.05) is 18.5 Å². The van der Waals surface area contributed by atoms with Crippen molar-refractivity contribution in [1.82, 2.24) is 4.90 Å². The van der Waals surface area contributed by atoms with Crippen LogP contribution in [-0.2, 0) is 20.9 Å². The number of benzene rings is 1. The molecule has 2 fully saturated rings. The zero-order valence-electron chi connectivity index (χ0n) is 18.4. The lowest BCUT2D eigenvalue weighted by atomic mass is 9.76. The number of aryl methyl sites for hydroxylation is 1. The molecule has 2 saturated heterocycles. The Balaban J connectivity index is 1.39. The third-order valence-corrected chi connectivity index (χ3v) is 6.82. The summed E-state index contributed by atoms with van der Waals surface area (Å²) in [6, 6.07) is 11.9. The van der Waals surface area contributed by atoms with Crippen LogP contribution in [-0.4, -0.2) is 42.0 Å². The number of nitrogens with zero attached hydrogens (tertiary/aromatic N) is 2. The summed E-state index contributed by atoms with van der Waals surface area (Å²) < 4.78 is 11.9. The van der Waals surface area contributed by atoms with Crippen LogP contribution in [0.2, 0.25) is 0 Å². The van der Waals surface area contributed by atoms with Crippen molar-refractivity contribution in [3.8, 4) is 0 Å². The van der Waals surface area contributed by atoms with Crippen LogP contribution in [0.1, 0.15) is 36.8 Å². The first kappa shape index (κ1) is 20.1. The van der Waals surface area contributed by atoms with Gasteiger partial charge in [0.2, 0.25) is 11.8 Å². The fourth-order valence-corrected chi connectivity index (χ4v) is 5.17. The molecular weight excluding hydrogens is 392 g/mol. The average molecular weight is 421 g/mol. The highest BCUT2D eigenvalue weighted by Crippen LogP contribution is 2.53. The number of fused-ring (bicyclic) bond motifs is 1. The van der Waals surface area contributed by atoms with Crippen molar-refractivity contribution in [3.63, 3.8) is 0 Å². The molecule has 6 nitrogen and oxygen atoms in total. The predicted octanol–water partition coefficient (Wildman–Crippen LogP) is 3.66. The molecular formula is C25H28N2O4. The van der Waals surface area contributed by atoms with Gasteiger partial charge in [-0.15, -0.1) is 0 Å². The van der Waals surface area contributed by atoms with E-state index in [1.165, 1.54) is 5.56 Å². The van der Waals surface area contributed by atoms with Gasteiger partial charge in [0.25, 0.3) is 0 Å². The Morgan fingerprint density at radius 1 is 1.23 bits per heavy atom. The number of rotatable bonds is 5. The minimum absolute atomic E-state index is 0.0373. The summed E-state index contributed by atoms with van der Waals surface area (Å²) in [6.45, 7) is 6.98. The molecule has 2 aromatic rings. The highest BCUT2D eigenvalue weighted by atomic mass is 16.5. The molecule has 6 heteroatoms. The molecule has 162 valence electrons. The maximum absolute atomic E-state index is 13.5. The summed E-state index contributed by atoms with van der Waals surface area (Å²) in [4.78, 5) is 30.3. The average Bonchev–Trinajstić information content (AvgIpc) is 3.49. The van der Waals surface area contributed by atoms with E-state index in [-0.39, 0.29) is 17.9 Å². The lowest BCUT2D eigenvalue weighted by Gasteiger charge is -2.27. The fraction of sp³-hybridized carbons (Fsp3) is 0.440. The van der Waals surface area contributed by atoms with Gasteiger partial charge in [-0.3, -0.25) is 9.59 Å². The van der Waals surface area contributed by atoms with Gasteiger partial charge in [0.15, 0.2) is 0 Å². The Morgan fingerprint density at radius 2 is 1.97 bits per heavy atom. The lowest BCUT2D eigenvalue weighted by Crippen LogP contribution is -2.44. The third-order valence-electron chi connectivity index (χ3n) is 6.82. The van der Waals surface area contributed by atoms with Crippen LogP contribution >= 0.6 is 0 Å². The van der Waals surface area contributed by atoms with E-state index in [9.17, 15) is 9.59 Å². The second-order valence-corrected chi connectivity index (χ2v) is 9.28. The molecule has 1 spiro atoms. The molecule has 2 bridgehead atoms. The van der Waals surface area contributed by atoms with E-state index in [1.807, 2.05) is 43.3 Å².